The molecule has 0 radical (unpaired) electrons. The lowest BCUT2D eigenvalue weighted by Crippen LogP contribution is -2.48. The first kappa shape index (κ1) is 25.6. The van der Waals surface area contributed by atoms with Gasteiger partial charge in [-0.3, -0.25) is 4.79 Å². The number of piperazine rings is 1. The molecule has 1 fully saturated rings. The van der Waals surface area contributed by atoms with E-state index >= 15 is 0 Å². The quantitative estimate of drug-likeness (QED) is 0.422. The van der Waals surface area contributed by atoms with Crippen LogP contribution >= 0.6 is 0 Å². The van der Waals surface area contributed by atoms with Gasteiger partial charge in [-0.2, -0.15) is 10.2 Å². The van der Waals surface area contributed by atoms with E-state index in [1.54, 1.807) is 37.3 Å². The molecule has 2 heterocycles. The Morgan fingerprint density at radius 3 is 2.43 bits per heavy atom. The van der Waals surface area contributed by atoms with Crippen LogP contribution in [0.5, 0.6) is 17.2 Å². The van der Waals surface area contributed by atoms with E-state index in [0.717, 1.165) is 17.7 Å². The number of amides is 1. The summed E-state index contributed by atoms with van der Waals surface area (Å²) in [6, 6.07) is 14.9. The number of carbonyl (C=O) groups is 1. The number of methoxy groups -OCH3 is 2. The van der Waals surface area contributed by atoms with E-state index < -0.39 is 0 Å². The zero-order chi connectivity index (χ0) is 26.2. The number of benzene rings is 2. The van der Waals surface area contributed by atoms with Crippen molar-refractivity contribution >= 4 is 23.9 Å². The summed E-state index contributed by atoms with van der Waals surface area (Å²) in [7, 11) is 3.17. The molecule has 0 spiro atoms. The average molecular weight is 503 g/mol. The molecule has 9 nitrogen and oxygen atoms in total. The number of carbonyl (C=O) groups excluding carboxylic acids is 1. The highest BCUT2D eigenvalue weighted by atomic mass is 16.5. The van der Waals surface area contributed by atoms with Crippen molar-refractivity contribution in [1.82, 2.24) is 9.88 Å². The van der Waals surface area contributed by atoms with E-state index in [9.17, 15) is 10.1 Å². The zero-order valence-electron chi connectivity index (χ0n) is 21.3. The van der Waals surface area contributed by atoms with E-state index in [-0.39, 0.29) is 11.6 Å². The molecule has 0 unspecified atom stereocenters. The smallest absolute Gasteiger partial charge is 0.253 e. The van der Waals surface area contributed by atoms with Crippen LogP contribution in [0.1, 0.15) is 40.9 Å². The summed E-state index contributed by atoms with van der Waals surface area (Å²) in [5.41, 5.74) is 1.71. The maximum atomic E-state index is 13.0. The molecule has 3 aromatic rings. The molecule has 9 heteroatoms. The molecule has 0 aliphatic carbocycles. The van der Waals surface area contributed by atoms with E-state index in [1.165, 1.54) is 0 Å². The molecule has 1 saturated heterocycles. The van der Waals surface area contributed by atoms with E-state index in [0.29, 0.717) is 61.6 Å². The molecule has 2 aromatic carbocycles. The van der Waals surface area contributed by atoms with Crippen LogP contribution in [0.4, 0.5) is 5.88 Å². The fraction of sp³-hybridized carbons (Fsp3) is 0.321. The van der Waals surface area contributed by atoms with Gasteiger partial charge in [0, 0.05) is 37.8 Å². The summed E-state index contributed by atoms with van der Waals surface area (Å²) in [5.74, 6) is 2.72. The van der Waals surface area contributed by atoms with E-state index in [1.807, 2.05) is 48.2 Å². The number of hydrogen-bond donors (Lipinski definition) is 0. The highest BCUT2D eigenvalue weighted by molar-refractivity contribution is 5.94. The summed E-state index contributed by atoms with van der Waals surface area (Å²) in [6.07, 6.45) is 4.46. The minimum Gasteiger partial charge on any atom is -0.494 e. The van der Waals surface area contributed by atoms with Crippen LogP contribution in [0.15, 0.2) is 46.9 Å². The predicted octanol–water partition coefficient (Wildman–Crippen LogP) is 4.49. The second-order valence-corrected chi connectivity index (χ2v) is 8.42. The standard InChI is InChI=1S/C28H30N4O5/c1-4-17-36-22-9-7-21(8-10-22)27(33)31-13-15-32(16-14-31)28-23(19-29)30-26(37-28)12-6-20-5-11-24(34-2)25(18-20)35-3/h5-12,18H,4,13-17H2,1-3H3/b12-6+. The molecule has 0 saturated carbocycles. The number of anilines is 1. The summed E-state index contributed by atoms with van der Waals surface area (Å²) < 4.78 is 22.1. The molecule has 0 N–H and O–H groups in total. The number of aromatic nitrogens is 1. The maximum Gasteiger partial charge on any atom is 0.253 e. The van der Waals surface area contributed by atoms with Gasteiger partial charge in [0.1, 0.15) is 11.8 Å². The van der Waals surface area contributed by atoms with E-state index in [2.05, 4.69) is 11.1 Å². The van der Waals surface area contributed by atoms with E-state index in [4.69, 9.17) is 18.6 Å². The lowest BCUT2D eigenvalue weighted by molar-refractivity contribution is 0.0745. The number of nitrogens with zero attached hydrogens (tertiary/aromatic N) is 4. The predicted molar refractivity (Wildman–Crippen MR) is 140 cm³/mol. The third-order valence-electron chi connectivity index (χ3n) is 5.99. The van der Waals surface area contributed by atoms with Gasteiger partial charge >= 0.3 is 0 Å². The van der Waals surface area contributed by atoms with Gasteiger partial charge in [0.25, 0.3) is 5.91 Å². The first-order chi connectivity index (χ1) is 18.1. The fourth-order valence-corrected chi connectivity index (χ4v) is 4.02. The zero-order valence-corrected chi connectivity index (χ0v) is 21.3. The number of oxazole rings is 1. The van der Waals surface area contributed by atoms with Crippen molar-refractivity contribution in [1.29, 1.82) is 5.26 Å². The van der Waals surface area contributed by atoms with Gasteiger partial charge < -0.3 is 28.4 Å². The third kappa shape index (κ3) is 6.04. The Bertz CT molecular complexity index is 1280. The van der Waals surface area contributed by atoms with Gasteiger partial charge in [0.05, 0.1) is 20.8 Å². The Morgan fingerprint density at radius 2 is 1.78 bits per heavy atom. The van der Waals surface area contributed by atoms with Gasteiger partial charge in [-0.25, -0.2) is 0 Å². The lowest BCUT2D eigenvalue weighted by Gasteiger charge is -2.34. The molecule has 37 heavy (non-hydrogen) atoms. The highest BCUT2D eigenvalue weighted by Gasteiger charge is 2.26. The first-order valence-corrected chi connectivity index (χ1v) is 12.1. The van der Waals surface area contributed by atoms with Crippen molar-refractivity contribution in [3.05, 3.63) is 65.2 Å². The molecular formula is C28H30N4O5. The minimum atomic E-state index is -0.0293. The lowest BCUT2D eigenvalue weighted by atomic mass is 10.1. The third-order valence-corrected chi connectivity index (χ3v) is 5.99. The molecule has 1 amide bonds. The SMILES string of the molecule is CCCOc1ccc(C(=O)N2CCN(c3oc(/C=C/c4ccc(OC)c(OC)c4)nc3C#N)CC2)cc1. The van der Waals surface area contributed by atoms with Crippen molar-refractivity contribution in [3.63, 3.8) is 0 Å². The van der Waals surface area contributed by atoms with Crippen LogP contribution in [0.3, 0.4) is 0 Å². The monoisotopic (exact) mass is 502 g/mol. The fourth-order valence-electron chi connectivity index (χ4n) is 4.02. The van der Waals surface area contributed by atoms with Crippen molar-refractivity contribution in [2.45, 2.75) is 13.3 Å². The number of rotatable bonds is 9. The van der Waals surface area contributed by atoms with Crippen molar-refractivity contribution in [2.24, 2.45) is 0 Å². The molecule has 1 aliphatic heterocycles. The Kier molecular flexibility index (Phi) is 8.31. The Labute approximate surface area is 216 Å². The molecule has 0 atom stereocenters. The minimum absolute atomic E-state index is 0.0293. The van der Waals surface area contributed by atoms with Gasteiger partial charge in [-0.15, -0.1) is 0 Å². The molecular weight excluding hydrogens is 472 g/mol. The second kappa shape index (κ2) is 12.0. The first-order valence-electron chi connectivity index (χ1n) is 12.1. The van der Waals surface area contributed by atoms with Crippen molar-refractivity contribution in [3.8, 4) is 23.3 Å². The Morgan fingerprint density at radius 1 is 1.05 bits per heavy atom. The van der Waals surface area contributed by atoms with Crippen molar-refractivity contribution < 1.29 is 23.4 Å². The van der Waals surface area contributed by atoms with Crippen LogP contribution in [0, 0.1) is 11.3 Å². The summed E-state index contributed by atoms with van der Waals surface area (Å²) in [4.78, 5) is 21.0. The molecule has 1 aliphatic rings. The molecule has 1 aromatic heterocycles. The molecule has 192 valence electrons. The topological polar surface area (TPSA) is 101 Å². The molecule has 0 bridgehead atoms. The van der Waals surface area contributed by atoms with Gasteiger partial charge in [0.15, 0.2) is 11.5 Å². The van der Waals surface area contributed by atoms with Crippen molar-refractivity contribution in [2.75, 3.05) is 51.9 Å². The molecule has 4 rings (SSSR count). The number of hydrogen-bond acceptors (Lipinski definition) is 8. The van der Waals surface area contributed by atoms with Crippen LogP contribution in [0.2, 0.25) is 0 Å². The average Bonchev–Trinajstić information content (AvgIpc) is 3.38. The van der Waals surface area contributed by atoms with Crippen LogP contribution < -0.4 is 19.1 Å². The maximum absolute atomic E-state index is 13.0. The normalized spacial score (nSPS) is 13.5. The van der Waals surface area contributed by atoms with Gasteiger partial charge in [-0.1, -0.05) is 13.0 Å². The Balaban J connectivity index is 1.40. The van der Waals surface area contributed by atoms with Gasteiger partial charge in [0.2, 0.25) is 17.5 Å². The number of nitriles is 1. The summed E-state index contributed by atoms with van der Waals surface area (Å²) in [5, 5.41) is 9.61. The summed E-state index contributed by atoms with van der Waals surface area (Å²) in [6.45, 7) is 4.78. The van der Waals surface area contributed by atoms with Gasteiger partial charge in [-0.05, 0) is 54.5 Å². The summed E-state index contributed by atoms with van der Waals surface area (Å²) >= 11 is 0. The largest absolute Gasteiger partial charge is 0.494 e. The van der Waals surface area contributed by atoms with Crippen LogP contribution in [-0.2, 0) is 0 Å². The number of ether oxygens (including phenoxy) is 3. The van der Waals surface area contributed by atoms with Crippen LogP contribution in [0.25, 0.3) is 12.2 Å². The second-order valence-electron chi connectivity index (χ2n) is 8.42. The highest BCUT2D eigenvalue weighted by Crippen LogP contribution is 2.29. The Hall–Kier alpha value is -4.45. The van der Waals surface area contributed by atoms with Crippen LogP contribution in [-0.4, -0.2) is 62.8 Å².